The number of piperidine rings is 1. The summed E-state index contributed by atoms with van der Waals surface area (Å²) in [6, 6.07) is 6.54. The van der Waals surface area contributed by atoms with E-state index in [1.165, 1.54) is 5.56 Å². The Morgan fingerprint density at radius 2 is 1.96 bits per heavy atom. The molecule has 0 saturated carbocycles. The summed E-state index contributed by atoms with van der Waals surface area (Å²) < 4.78 is 11.3. The fourth-order valence-corrected chi connectivity index (χ4v) is 3.19. The summed E-state index contributed by atoms with van der Waals surface area (Å²) in [4.78, 5) is 13.4. The molecule has 0 bridgehead atoms. The van der Waals surface area contributed by atoms with Crippen LogP contribution in [0.25, 0.3) is 0 Å². The monoisotopic (exact) mass is 334 g/mol. The van der Waals surface area contributed by atoms with Crippen molar-refractivity contribution in [1.29, 1.82) is 0 Å². The Morgan fingerprint density at radius 3 is 2.58 bits per heavy atom. The highest BCUT2D eigenvalue weighted by molar-refractivity contribution is 5.73. The molecule has 0 aromatic heterocycles. The maximum atomic E-state index is 11.5. The number of amides is 1. The van der Waals surface area contributed by atoms with Gasteiger partial charge in [0.2, 0.25) is 5.91 Å². The van der Waals surface area contributed by atoms with E-state index in [2.05, 4.69) is 24.4 Å². The number of hydrogen-bond donors (Lipinski definition) is 1. The quantitative estimate of drug-likeness (QED) is 0.833. The molecule has 24 heavy (non-hydrogen) atoms. The molecular weight excluding hydrogens is 304 g/mol. The van der Waals surface area contributed by atoms with Gasteiger partial charge in [0.05, 0.1) is 13.2 Å². The van der Waals surface area contributed by atoms with Gasteiger partial charge >= 0.3 is 0 Å². The zero-order valence-corrected chi connectivity index (χ0v) is 15.3. The highest BCUT2D eigenvalue weighted by Crippen LogP contribution is 2.28. The van der Waals surface area contributed by atoms with Crippen molar-refractivity contribution in [3.05, 3.63) is 23.8 Å². The van der Waals surface area contributed by atoms with Crippen LogP contribution in [-0.4, -0.2) is 43.2 Å². The summed E-state index contributed by atoms with van der Waals surface area (Å²) in [6.45, 7) is 11.5. The predicted molar refractivity (Wildman–Crippen MR) is 95.4 cm³/mol. The fourth-order valence-electron chi connectivity index (χ4n) is 3.19. The standard InChI is InChI=1S/C19H30N2O3/c1-5-23-18-8-7-16(11-19(18)24-6-2)12-20-17-9-10-21(15(4)22)13-14(17)3/h7-8,11,14,17,20H,5-6,9-10,12-13H2,1-4H3. The van der Waals surface area contributed by atoms with Gasteiger partial charge in [-0.05, 0) is 43.9 Å². The van der Waals surface area contributed by atoms with Gasteiger partial charge in [0.25, 0.3) is 0 Å². The van der Waals surface area contributed by atoms with Crippen LogP contribution in [-0.2, 0) is 11.3 Å². The highest BCUT2D eigenvalue weighted by atomic mass is 16.5. The number of likely N-dealkylation sites (tertiary alicyclic amines) is 1. The Bertz CT molecular complexity index is 547. The Balaban J connectivity index is 1.94. The molecule has 0 spiro atoms. The third kappa shape index (κ3) is 4.87. The Morgan fingerprint density at radius 1 is 1.25 bits per heavy atom. The summed E-state index contributed by atoms with van der Waals surface area (Å²) in [5.74, 6) is 2.23. The van der Waals surface area contributed by atoms with Crippen molar-refractivity contribution in [1.82, 2.24) is 10.2 Å². The van der Waals surface area contributed by atoms with Gasteiger partial charge < -0.3 is 19.7 Å². The van der Waals surface area contributed by atoms with Crippen LogP contribution in [0.4, 0.5) is 0 Å². The molecule has 5 heteroatoms. The van der Waals surface area contributed by atoms with Crippen molar-refractivity contribution < 1.29 is 14.3 Å². The zero-order valence-electron chi connectivity index (χ0n) is 15.3. The van der Waals surface area contributed by atoms with E-state index in [1.54, 1.807) is 6.92 Å². The minimum absolute atomic E-state index is 0.174. The van der Waals surface area contributed by atoms with Crippen LogP contribution in [0.15, 0.2) is 18.2 Å². The van der Waals surface area contributed by atoms with Crippen molar-refractivity contribution >= 4 is 5.91 Å². The third-order valence-electron chi connectivity index (χ3n) is 4.53. The first-order chi connectivity index (χ1) is 11.5. The van der Waals surface area contributed by atoms with Crippen LogP contribution in [0.3, 0.4) is 0 Å². The molecule has 5 nitrogen and oxygen atoms in total. The average Bonchev–Trinajstić information content (AvgIpc) is 2.56. The highest BCUT2D eigenvalue weighted by Gasteiger charge is 2.26. The van der Waals surface area contributed by atoms with E-state index < -0.39 is 0 Å². The maximum Gasteiger partial charge on any atom is 0.219 e. The first kappa shape index (κ1) is 18.6. The minimum atomic E-state index is 0.174. The number of nitrogens with one attached hydrogen (secondary N) is 1. The van der Waals surface area contributed by atoms with Gasteiger partial charge in [-0.2, -0.15) is 0 Å². The molecule has 1 saturated heterocycles. The number of carbonyl (C=O) groups excluding carboxylic acids is 1. The Labute approximate surface area is 145 Å². The lowest BCUT2D eigenvalue weighted by molar-refractivity contribution is -0.130. The van der Waals surface area contributed by atoms with Crippen molar-refractivity contribution in [3.63, 3.8) is 0 Å². The largest absolute Gasteiger partial charge is 0.490 e. The molecule has 0 radical (unpaired) electrons. The molecule has 1 fully saturated rings. The minimum Gasteiger partial charge on any atom is -0.490 e. The van der Waals surface area contributed by atoms with Gasteiger partial charge in [-0.3, -0.25) is 4.79 Å². The lowest BCUT2D eigenvalue weighted by Crippen LogP contribution is -2.49. The first-order valence-corrected chi connectivity index (χ1v) is 8.92. The van der Waals surface area contributed by atoms with Crippen molar-refractivity contribution in [2.24, 2.45) is 5.92 Å². The molecule has 134 valence electrons. The van der Waals surface area contributed by atoms with Gasteiger partial charge in [-0.25, -0.2) is 0 Å². The number of benzene rings is 1. The summed E-state index contributed by atoms with van der Waals surface area (Å²) in [7, 11) is 0. The van der Waals surface area contributed by atoms with Crippen LogP contribution in [0.1, 0.15) is 39.7 Å². The van der Waals surface area contributed by atoms with Crippen molar-refractivity contribution in [3.8, 4) is 11.5 Å². The van der Waals surface area contributed by atoms with E-state index >= 15 is 0 Å². The maximum absolute atomic E-state index is 11.5. The number of ether oxygens (including phenoxy) is 2. The molecule has 2 atom stereocenters. The molecule has 1 aliphatic heterocycles. The summed E-state index contributed by atoms with van der Waals surface area (Å²) in [6.07, 6.45) is 0.996. The zero-order chi connectivity index (χ0) is 17.5. The van der Waals surface area contributed by atoms with Gasteiger partial charge in [-0.1, -0.05) is 13.0 Å². The van der Waals surface area contributed by atoms with E-state index in [4.69, 9.17) is 9.47 Å². The number of carbonyl (C=O) groups is 1. The van der Waals surface area contributed by atoms with E-state index in [0.717, 1.165) is 37.6 Å². The second-order valence-corrected chi connectivity index (χ2v) is 6.37. The Hall–Kier alpha value is -1.75. The van der Waals surface area contributed by atoms with Crippen LogP contribution >= 0.6 is 0 Å². The molecule has 1 aromatic rings. The van der Waals surface area contributed by atoms with E-state index in [9.17, 15) is 4.79 Å². The molecule has 2 rings (SSSR count). The normalized spacial score (nSPS) is 20.8. The first-order valence-electron chi connectivity index (χ1n) is 8.92. The molecule has 1 aromatic carbocycles. The Kier molecular flexibility index (Phi) is 6.91. The lowest BCUT2D eigenvalue weighted by Gasteiger charge is -2.37. The van der Waals surface area contributed by atoms with Crippen LogP contribution in [0, 0.1) is 5.92 Å². The predicted octanol–water partition coefficient (Wildman–Crippen LogP) is 2.83. The van der Waals surface area contributed by atoms with Gasteiger partial charge in [-0.15, -0.1) is 0 Å². The summed E-state index contributed by atoms with van der Waals surface area (Å²) >= 11 is 0. The SMILES string of the molecule is CCOc1ccc(CNC2CCN(C(C)=O)CC2C)cc1OCC. The number of nitrogens with zero attached hydrogens (tertiary/aromatic N) is 1. The van der Waals surface area contributed by atoms with Crippen LogP contribution in [0.5, 0.6) is 11.5 Å². The van der Waals surface area contributed by atoms with Gasteiger partial charge in [0.15, 0.2) is 11.5 Å². The fraction of sp³-hybridized carbons (Fsp3) is 0.632. The van der Waals surface area contributed by atoms with E-state index in [-0.39, 0.29) is 5.91 Å². The van der Waals surface area contributed by atoms with Crippen molar-refractivity contribution in [2.45, 2.75) is 46.7 Å². The van der Waals surface area contributed by atoms with Gasteiger partial charge in [0.1, 0.15) is 0 Å². The number of rotatable bonds is 7. The lowest BCUT2D eigenvalue weighted by atomic mass is 9.93. The molecule has 1 aliphatic rings. The van der Waals surface area contributed by atoms with E-state index in [1.807, 2.05) is 24.8 Å². The molecular formula is C19H30N2O3. The topological polar surface area (TPSA) is 50.8 Å². The average molecular weight is 334 g/mol. The summed E-state index contributed by atoms with van der Waals surface area (Å²) in [5, 5.41) is 3.63. The molecule has 0 aliphatic carbocycles. The third-order valence-corrected chi connectivity index (χ3v) is 4.53. The molecule has 2 unspecified atom stereocenters. The smallest absolute Gasteiger partial charge is 0.219 e. The molecule has 1 heterocycles. The van der Waals surface area contributed by atoms with Crippen molar-refractivity contribution in [2.75, 3.05) is 26.3 Å². The van der Waals surface area contributed by atoms with Gasteiger partial charge in [0, 0.05) is 32.6 Å². The second-order valence-electron chi connectivity index (χ2n) is 6.37. The van der Waals surface area contributed by atoms with E-state index in [0.29, 0.717) is 25.2 Å². The van der Waals surface area contributed by atoms with Crippen LogP contribution in [0.2, 0.25) is 0 Å². The van der Waals surface area contributed by atoms with Crippen LogP contribution < -0.4 is 14.8 Å². The number of hydrogen-bond acceptors (Lipinski definition) is 4. The summed E-state index contributed by atoms with van der Waals surface area (Å²) in [5.41, 5.74) is 1.18. The second kappa shape index (κ2) is 8.92. The molecule has 1 amide bonds. The molecule has 1 N–H and O–H groups in total.